The van der Waals surface area contributed by atoms with Crippen molar-refractivity contribution in [1.82, 2.24) is 15.2 Å². The van der Waals surface area contributed by atoms with Crippen molar-refractivity contribution in [2.45, 2.75) is 32.9 Å². The number of aromatic nitrogens is 1. The predicted octanol–water partition coefficient (Wildman–Crippen LogP) is 3.71. The Hall–Kier alpha value is -3.50. The number of rotatable bonds is 9. The van der Waals surface area contributed by atoms with Crippen LogP contribution in [0.5, 0.6) is 5.75 Å². The maximum atomic E-state index is 13.2. The van der Waals surface area contributed by atoms with Crippen molar-refractivity contribution >= 4 is 34.8 Å². The van der Waals surface area contributed by atoms with Crippen LogP contribution in [-0.2, 0) is 20.8 Å². The number of hydrogen-bond acceptors (Lipinski definition) is 8. The fraction of sp³-hybridized carbons (Fsp3) is 0.385. The molecule has 0 bridgehead atoms. The maximum absolute atomic E-state index is 13.2. The first-order chi connectivity index (χ1) is 17.2. The van der Waals surface area contributed by atoms with Gasteiger partial charge in [0, 0.05) is 36.8 Å². The Labute approximate surface area is 216 Å². The summed E-state index contributed by atoms with van der Waals surface area (Å²) in [6, 6.07) is 11.2. The van der Waals surface area contributed by atoms with Gasteiger partial charge in [0.25, 0.3) is 0 Å². The zero-order valence-corrected chi connectivity index (χ0v) is 21.8. The summed E-state index contributed by atoms with van der Waals surface area (Å²) in [7, 11) is 1.60. The minimum atomic E-state index is -0.687. The molecule has 1 amide bonds. The number of para-hydroxylation sites is 1. The third-order valence-electron chi connectivity index (χ3n) is 5.08. The molecule has 3 rings (SSSR count). The first-order valence-corrected chi connectivity index (χ1v) is 12.0. The van der Waals surface area contributed by atoms with Gasteiger partial charge in [-0.3, -0.25) is 14.7 Å². The highest BCUT2D eigenvalue weighted by atomic mass is 32.1. The van der Waals surface area contributed by atoms with Gasteiger partial charge < -0.3 is 24.8 Å². The number of Topliss-reactive ketones (excluding diaryl/α,β-unsaturated/α-hetero) is 1. The van der Waals surface area contributed by atoms with E-state index >= 15 is 0 Å². The number of nitrogens with zero attached hydrogens (tertiary/aromatic N) is 2. The smallest absolute Gasteiger partial charge is 0.411 e. The van der Waals surface area contributed by atoms with E-state index in [1.54, 1.807) is 40.3 Å². The number of anilines is 1. The molecular weight excluding hydrogens is 480 g/mol. The van der Waals surface area contributed by atoms with Crippen molar-refractivity contribution in [2.75, 3.05) is 38.7 Å². The minimum absolute atomic E-state index is 0.132. The van der Waals surface area contributed by atoms with Gasteiger partial charge in [-0.2, -0.15) is 0 Å². The molecule has 2 aromatic rings. The molecule has 0 spiro atoms. The second-order valence-corrected chi connectivity index (χ2v) is 9.52. The predicted molar refractivity (Wildman–Crippen MR) is 141 cm³/mol. The van der Waals surface area contributed by atoms with Crippen molar-refractivity contribution in [3.63, 3.8) is 0 Å². The van der Waals surface area contributed by atoms with Crippen LogP contribution in [0.15, 0.2) is 60.1 Å². The average molecular weight is 513 g/mol. The third kappa shape index (κ3) is 7.76. The third-order valence-corrected chi connectivity index (χ3v) is 5.39. The Morgan fingerprint density at radius 1 is 1.14 bits per heavy atom. The Kier molecular flexibility index (Phi) is 9.38. The van der Waals surface area contributed by atoms with E-state index in [0.717, 1.165) is 11.3 Å². The SMILES string of the molecule is COCCOc1cnccc1CNC1=C(C(=S)Nc2ccccc2)C(=O)CN(C(=O)OC(C)(C)C)C1. The highest BCUT2D eigenvalue weighted by Crippen LogP contribution is 2.22. The summed E-state index contributed by atoms with van der Waals surface area (Å²) in [5.74, 6) is 0.314. The summed E-state index contributed by atoms with van der Waals surface area (Å²) in [4.78, 5) is 31.8. The maximum Gasteiger partial charge on any atom is 0.411 e. The highest BCUT2D eigenvalue weighted by Gasteiger charge is 2.33. The number of carbonyl (C=O) groups is 2. The normalized spacial score (nSPS) is 13.9. The molecule has 0 atom stereocenters. The molecule has 0 radical (unpaired) electrons. The van der Waals surface area contributed by atoms with Crippen LogP contribution in [0.4, 0.5) is 10.5 Å². The lowest BCUT2D eigenvalue weighted by molar-refractivity contribution is -0.116. The summed E-state index contributed by atoms with van der Waals surface area (Å²) in [5, 5.41) is 6.43. The average Bonchev–Trinajstić information content (AvgIpc) is 2.82. The Morgan fingerprint density at radius 3 is 2.58 bits per heavy atom. The summed E-state index contributed by atoms with van der Waals surface area (Å²) in [5.41, 5.74) is 1.76. The molecule has 2 N–H and O–H groups in total. The van der Waals surface area contributed by atoms with Gasteiger partial charge in [-0.25, -0.2) is 4.79 Å². The quantitative estimate of drug-likeness (QED) is 0.385. The van der Waals surface area contributed by atoms with Gasteiger partial charge in [0.1, 0.15) is 22.9 Å². The number of ether oxygens (including phenoxy) is 3. The zero-order valence-electron chi connectivity index (χ0n) is 21.0. The van der Waals surface area contributed by atoms with Crippen LogP contribution in [-0.4, -0.2) is 65.8 Å². The van der Waals surface area contributed by atoms with E-state index in [1.165, 1.54) is 4.90 Å². The molecule has 1 aromatic carbocycles. The van der Waals surface area contributed by atoms with Crippen LogP contribution in [0.2, 0.25) is 0 Å². The summed E-state index contributed by atoms with van der Waals surface area (Å²) >= 11 is 5.62. The monoisotopic (exact) mass is 512 g/mol. The molecule has 9 nitrogen and oxygen atoms in total. The molecule has 0 fully saturated rings. The van der Waals surface area contributed by atoms with E-state index in [4.69, 9.17) is 26.4 Å². The molecule has 0 unspecified atom stereocenters. The molecule has 0 saturated heterocycles. The largest absolute Gasteiger partial charge is 0.489 e. The van der Waals surface area contributed by atoms with E-state index in [9.17, 15) is 9.59 Å². The Balaban J connectivity index is 1.86. The summed E-state index contributed by atoms with van der Waals surface area (Å²) in [6.07, 6.45) is 2.72. The van der Waals surface area contributed by atoms with Crippen LogP contribution >= 0.6 is 12.2 Å². The molecule has 192 valence electrons. The van der Waals surface area contributed by atoms with Gasteiger partial charge in [0.2, 0.25) is 0 Å². The lowest BCUT2D eigenvalue weighted by Gasteiger charge is -2.32. The molecule has 1 aliphatic rings. The standard InChI is InChI=1S/C26H32N4O5S/c1-26(2,3)35-25(32)30-16-20(28-14-18-10-11-27-15-22(18)34-13-12-33-4)23(21(31)17-30)24(36)29-19-8-6-5-7-9-19/h5-11,15,28H,12-14,16-17H2,1-4H3,(H,29,36). The van der Waals surface area contributed by atoms with Crippen molar-refractivity contribution in [2.24, 2.45) is 0 Å². The van der Waals surface area contributed by atoms with Gasteiger partial charge in [-0.05, 0) is 39.0 Å². The number of methoxy groups -OCH3 is 1. The number of pyridine rings is 1. The molecule has 0 aliphatic carbocycles. The van der Waals surface area contributed by atoms with Gasteiger partial charge in [0.05, 0.1) is 31.5 Å². The summed E-state index contributed by atoms with van der Waals surface area (Å²) in [6.45, 7) is 6.49. The number of amides is 1. The van der Waals surface area contributed by atoms with Gasteiger partial charge in [-0.1, -0.05) is 30.4 Å². The van der Waals surface area contributed by atoms with E-state index in [-0.39, 0.29) is 23.9 Å². The van der Waals surface area contributed by atoms with Crippen LogP contribution in [0, 0.1) is 0 Å². The summed E-state index contributed by atoms with van der Waals surface area (Å²) < 4.78 is 16.3. The first-order valence-electron chi connectivity index (χ1n) is 11.6. The fourth-order valence-corrected chi connectivity index (χ4v) is 3.80. The topological polar surface area (TPSA) is 102 Å². The van der Waals surface area contributed by atoms with Gasteiger partial charge in [0.15, 0.2) is 5.78 Å². The minimum Gasteiger partial charge on any atom is -0.489 e. The molecule has 10 heteroatoms. The second-order valence-electron chi connectivity index (χ2n) is 9.11. The Bertz CT molecular complexity index is 1110. The lowest BCUT2D eigenvalue weighted by Crippen LogP contribution is -2.48. The number of carbonyl (C=O) groups excluding carboxylic acids is 2. The van der Waals surface area contributed by atoms with Crippen molar-refractivity contribution < 1.29 is 23.8 Å². The number of thiocarbonyl (C=S) groups is 1. The van der Waals surface area contributed by atoms with E-state index < -0.39 is 11.7 Å². The fourth-order valence-electron chi connectivity index (χ4n) is 3.45. The number of nitrogens with one attached hydrogen (secondary N) is 2. The number of benzene rings is 1. The highest BCUT2D eigenvalue weighted by molar-refractivity contribution is 7.81. The first kappa shape index (κ1) is 27.1. The molecule has 1 aliphatic heterocycles. The van der Waals surface area contributed by atoms with E-state index in [1.807, 2.05) is 36.4 Å². The van der Waals surface area contributed by atoms with E-state index in [2.05, 4.69) is 15.6 Å². The van der Waals surface area contributed by atoms with Gasteiger partial charge >= 0.3 is 6.09 Å². The lowest BCUT2D eigenvalue weighted by atomic mass is 10.0. The zero-order chi connectivity index (χ0) is 26.1. The van der Waals surface area contributed by atoms with Crippen LogP contribution in [0.1, 0.15) is 26.3 Å². The molecule has 0 saturated carbocycles. The van der Waals surface area contributed by atoms with Crippen molar-refractivity contribution in [1.29, 1.82) is 0 Å². The second kappa shape index (κ2) is 12.5. The Morgan fingerprint density at radius 2 is 1.89 bits per heavy atom. The molecule has 2 heterocycles. The molecule has 36 heavy (non-hydrogen) atoms. The van der Waals surface area contributed by atoms with Crippen LogP contribution < -0.4 is 15.4 Å². The van der Waals surface area contributed by atoms with Crippen LogP contribution in [0.25, 0.3) is 0 Å². The molecule has 1 aromatic heterocycles. The number of ketones is 1. The van der Waals surface area contributed by atoms with Crippen molar-refractivity contribution in [3.8, 4) is 5.75 Å². The van der Waals surface area contributed by atoms with Gasteiger partial charge in [-0.15, -0.1) is 0 Å². The van der Waals surface area contributed by atoms with Crippen molar-refractivity contribution in [3.05, 3.63) is 65.6 Å². The number of hydrogen-bond donors (Lipinski definition) is 2. The van der Waals surface area contributed by atoms with E-state index in [0.29, 0.717) is 36.8 Å². The van der Waals surface area contributed by atoms with Crippen LogP contribution in [0.3, 0.4) is 0 Å². The molecular formula is C26H32N4O5S.